The fourth-order valence-corrected chi connectivity index (χ4v) is 3.66. The van der Waals surface area contributed by atoms with Crippen molar-refractivity contribution in [3.8, 4) is 22.7 Å². The number of non-ortho nitro benzene ring substituents is 1. The summed E-state index contributed by atoms with van der Waals surface area (Å²) < 4.78 is 21.1. The lowest BCUT2D eigenvalue weighted by molar-refractivity contribution is -0.384. The summed E-state index contributed by atoms with van der Waals surface area (Å²) in [5.74, 6) is 0.256. The molecule has 0 saturated carbocycles. The van der Waals surface area contributed by atoms with Gasteiger partial charge in [0.05, 0.1) is 28.8 Å². The maximum atomic E-state index is 14.1. The van der Waals surface area contributed by atoms with Gasteiger partial charge >= 0.3 is 0 Å². The maximum Gasteiger partial charge on any atom is 0.271 e. The molecular formula is C23H15FN4O3. The highest BCUT2D eigenvalue weighted by Crippen LogP contribution is 2.35. The molecule has 0 radical (unpaired) electrons. The van der Waals surface area contributed by atoms with Crippen molar-refractivity contribution in [1.82, 2.24) is 14.8 Å². The Labute approximate surface area is 175 Å². The first-order valence-corrected chi connectivity index (χ1v) is 9.41. The van der Waals surface area contributed by atoms with Gasteiger partial charge in [0.2, 0.25) is 0 Å². The summed E-state index contributed by atoms with van der Waals surface area (Å²) in [7, 11) is 1.58. The van der Waals surface area contributed by atoms with E-state index in [-0.39, 0.29) is 5.69 Å². The molecule has 3 aromatic carbocycles. The van der Waals surface area contributed by atoms with Gasteiger partial charge in [-0.15, -0.1) is 0 Å². The molecule has 0 saturated heterocycles. The average Bonchev–Trinajstić information content (AvgIpc) is 3.19. The Morgan fingerprint density at radius 1 is 1.03 bits per heavy atom. The topological polar surface area (TPSA) is 83.1 Å². The van der Waals surface area contributed by atoms with E-state index >= 15 is 0 Å². The Bertz CT molecular complexity index is 1480. The molecule has 0 amide bonds. The van der Waals surface area contributed by atoms with Crippen molar-refractivity contribution < 1.29 is 14.1 Å². The van der Waals surface area contributed by atoms with Gasteiger partial charge in [0.25, 0.3) is 5.69 Å². The lowest BCUT2D eigenvalue weighted by Gasteiger charge is -2.06. The van der Waals surface area contributed by atoms with Crippen LogP contribution in [0.2, 0.25) is 0 Å². The molecule has 5 rings (SSSR count). The number of nitro benzene ring substituents is 1. The third-order valence-electron chi connectivity index (χ3n) is 5.10. The van der Waals surface area contributed by atoms with E-state index in [0.717, 1.165) is 5.56 Å². The zero-order chi connectivity index (χ0) is 21.5. The predicted molar refractivity (Wildman–Crippen MR) is 115 cm³/mol. The summed E-state index contributed by atoms with van der Waals surface area (Å²) >= 11 is 0. The number of rotatable bonds is 4. The van der Waals surface area contributed by atoms with Crippen LogP contribution in [0.1, 0.15) is 0 Å². The van der Waals surface area contributed by atoms with Crippen LogP contribution in [-0.4, -0.2) is 26.8 Å². The summed E-state index contributed by atoms with van der Waals surface area (Å²) in [5, 5.41) is 17.3. The van der Waals surface area contributed by atoms with Crippen LogP contribution in [0, 0.1) is 15.9 Å². The van der Waals surface area contributed by atoms with Gasteiger partial charge in [0.15, 0.2) is 0 Å². The molecule has 5 aromatic rings. The van der Waals surface area contributed by atoms with Gasteiger partial charge in [-0.25, -0.2) is 9.07 Å². The maximum absolute atomic E-state index is 14.1. The molecule has 0 unspecified atom stereocenters. The van der Waals surface area contributed by atoms with Crippen LogP contribution in [0.15, 0.2) is 72.9 Å². The SMILES string of the molecule is COc1cccc(-c2nn(-c3cccc([N+](=O)[O-])c3)c3c2cnc2ccc(F)cc23)c1. The van der Waals surface area contributed by atoms with E-state index in [1.165, 1.54) is 24.3 Å². The number of pyridine rings is 1. The number of nitro groups is 1. The van der Waals surface area contributed by atoms with E-state index in [0.29, 0.717) is 38.9 Å². The summed E-state index contributed by atoms with van der Waals surface area (Å²) in [6.45, 7) is 0. The molecular weight excluding hydrogens is 399 g/mol. The fraction of sp³-hybridized carbons (Fsp3) is 0.0435. The second-order valence-electron chi connectivity index (χ2n) is 6.95. The number of hydrogen-bond acceptors (Lipinski definition) is 5. The predicted octanol–water partition coefficient (Wildman–Crippen LogP) is 5.30. The Morgan fingerprint density at radius 3 is 2.68 bits per heavy atom. The van der Waals surface area contributed by atoms with Crippen LogP contribution in [0.5, 0.6) is 5.75 Å². The molecule has 8 heteroatoms. The van der Waals surface area contributed by atoms with E-state index in [2.05, 4.69) is 4.98 Å². The van der Waals surface area contributed by atoms with Crippen LogP contribution in [0.3, 0.4) is 0 Å². The molecule has 0 spiro atoms. The molecule has 7 nitrogen and oxygen atoms in total. The largest absolute Gasteiger partial charge is 0.497 e. The number of fused-ring (bicyclic) bond motifs is 3. The molecule has 0 N–H and O–H groups in total. The molecule has 0 atom stereocenters. The van der Waals surface area contributed by atoms with E-state index in [4.69, 9.17) is 9.84 Å². The van der Waals surface area contributed by atoms with E-state index in [1.807, 2.05) is 24.3 Å². The zero-order valence-corrected chi connectivity index (χ0v) is 16.3. The molecule has 0 aliphatic carbocycles. The van der Waals surface area contributed by atoms with Crippen molar-refractivity contribution in [2.75, 3.05) is 7.11 Å². The number of benzene rings is 3. The van der Waals surface area contributed by atoms with Crippen molar-refractivity contribution >= 4 is 27.5 Å². The van der Waals surface area contributed by atoms with E-state index in [9.17, 15) is 14.5 Å². The lowest BCUT2D eigenvalue weighted by Crippen LogP contribution is -1.99. The highest BCUT2D eigenvalue weighted by atomic mass is 19.1. The van der Waals surface area contributed by atoms with Crippen molar-refractivity contribution in [1.29, 1.82) is 0 Å². The minimum absolute atomic E-state index is 0.0615. The van der Waals surface area contributed by atoms with Crippen molar-refractivity contribution in [3.05, 3.63) is 88.9 Å². The van der Waals surface area contributed by atoms with Gasteiger partial charge in [-0.3, -0.25) is 15.1 Å². The van der Waals surface area contributed by atoms with E-state index < -0.39 is 10.7 Å². The number of ether oxygens (including phenoxy) is 1. The number of halogens is 1. The first-order chi connectivity index (χ1) is 15.0. The smallest absolute Gasteiger partial charge is 0.271 e. The third-order valence-corrected chi connectivity index (χ3v) is 5.10. The Morgan fingerprint density at radius 2 is 1.87 bits per heavy atom. The van der Waals surface area contributed by atoms with Crippen molar-refractivity contribution in [2.24, 2.45) is 0 Å². The summed E-state index contributed by atoms with van der Waals surface area (Å²) in [4.78, 5) is 15.3. The molecule has 2 heterocycles. The Balaban J connectivity index is 1.88. The zero-order valence-electron chi connectivity index (χ0n) is 16.3. The summed E-state index contributed by atoms with van der Waals surface area (Å²) in [6, 6.07) is 17.9. The van der Waals surface area contributed by atoms with E-state index in [1.54, 1.807) is 36.2 Å². The summed E-state index contributed by atoms with van der Waals surface area (Å²) in [6.07, 6.45) is 1.69. The van der Waals surface area contributed by atoms with Crippen molar-refractivity contribution in [3.63, 3.8) is 0 Å². The molecule has 31 heavy (non-hydrogen) atoms. The number of nitrogens with zero attached hydrogens (tertiary/aromatic N) is 4. The van der Waals surface area contributed by atoms with Crippen LogP contribution in [0.25, 0.3) is 38.8 Å². The second-order valence-corrected chi connectivity index (χ2v) is 6.95. The normalized spacial score (nSPS) is 11.2. The minimum Gasteiger partial charge on any atom is -0.497 e. The molecule has 152 valence electrons. The number of aromatic nitrogens is 3. The van der Waals surface area contributed by atoms with Crippen LogP contribution >= 0.6 is 0 Å². The highest BCUT2D eigenvalue weighted by Gasteiger charge is 2.19. The number of hydrogen-bond donors (Lipinski definition) is 0. The quantitative estimate of drug-likeness (QED) is 0.294. The molecule has 0 aliphatic heterocycles. The van der Waals surface area contributed by atoms with Gasteiger partial charge in [0.1, 0.15) is 17.3 Å². The third kappa shape index (κ3) is 3.14. The minimum atomic E-state index is -0.461. The van der Waals surface area contributed by atoms with Gasteiger partial charge in [0, 0.05) is 34.7 Å². The molecule has 0 bridgehead atoms. The number of methoxy groups -OCH3 is 1. The molecule has 0 aliphatic rings. The standard InChI is InChI=1S/C23H15FN4O3/c1-31-18-7-2-4-14(10-18)22-20-13-25-21-9-8-15(24)11-19(21)23(20)27(26-22)16-5-3-6-17(12-16)28(29)30/h2-13H,1H3. The van der Waals surface area contributed by atoms with Crippen molar-refractivity contribution in [2.45, 2.75) is 0 Å². The van der Waals surface area contributed by atoms with Gasteiger partial charge in [-0.2, -0.15) is 5.10 Å². The monoisotopic (exact) mass is 414 g/mol. The Hall–Kier alpha value is -4.33. The van der Waals surface area contributed by atoms with Crippen LogP contribution in [-0.2, 0) is 0 Å². The highest BCUT2D eigenvalue weighted by molar-refractivity contribution is 6.08. The Kier molecular flexibility index (Phi) is 4.32. The average molecular weight is 414 g/mol. The van der Waals surface area contributed by atoms with Crippen LogP contribution in [0.4, 0.5) is 10.1 Å². The second kappa shape index (κ2) is 7.17. The summed E-state index contributed by atoms with van der Waals surface area (Å²) in [5.41, 5.74) is 3.03. The lowest BCUT2D eigenvalue weighted by atomic mass is 10.1. The molecule has 2 aromatic heterocycles. The van der Waals surface area contributed by atoms with Gasteiger partial charge in [-0.05, 0) is 36.4 Å². The fourth-order valence-electron chi connectivity index (χ4n) is 3.66. The first-order valence-electron chi connectivity index (χ1n) is 9.41. The molecule has 0 fully saturated rings. The first kappa shape index (κ1) is 18.7. The van der Waals surface area contributed by atoms with Gasteiger partial charge in [-0.1, -0.05) is 18.2 Å². The van der Waals surface area contributed by atoms with Gasteiger partial charge < -0.3 is 4.74 Å². The van der Waals surface area contributed by atoms with Crippen LogP contribution < -0.4 is 4.74 Å².